The number of fused-ring (bicyclic) bond motifs is 1. The summed E-state index contributed by atoms with van der Waals surface area (Å²) in [6.45, 7) is 9.74. The van der Waals surface area contributed by atoms with E-state index in [0.717, 1.165) is 5.56 Å². The van der Waals surface area contributed by atoms with E-state index in [4.69, 9.17) is 14.5 Å². The van der Waals surface area contributed by atoms with Gasteiger partial charge in [-0.1, -0.05) is 57.2 Å². The number of hydrogen-bond acceptors (Lipinski definition) is 10. The normalized spacial score (nSPS) is 23.9. The van der Waals surface area contributed by atoms with Crippen LogP contribution in [0.25, 0.3) is 22.2 Å². The molecule has 0 radical (unpaired) electrons. The fourth-order valence-corrected chi connectivity index (χ4v) is 9.41. The highest BCUT2D eigenvalue weighted by atomic mass is 32.2. The largest absolute Gasteiger partial charge is 0.497 e. The second-order valence-electron chi connectivity index (χ2n) is 17.0. The number of rotatable bonds is 13. The third kappa shape index (κ3) is 8.45. The van der Waals surface area contributed by atoms with E-state index in [-0.39, 0.29) is 44.0 Å². The molecule has 3 aromatic rings. The molecule has 14 nitrogen and oxygen atoms in total. The van der Waals surface area contributed by atoms with Gasteiger partial charge in [0, 0.05) is 54.8 Å². The van der Waals surface area contributed by atoms with E-state index in [1.54, 1.807) is 19.2 Å². The molecule has 0 bridgehead atoms. The molecule has 2 aliphatic carbocycles. The van der Waals surface area contributed by atoms with Gasteiger partial charge in [0.1, 0.15) is 29.2 Å². The number of ketones is 1. The number of sulfonamides is 1. The molecule has 5 atom stereocenters. The predicted octanol–water partition coefficient (Wildman–Crippen LogP) is 4.17. The lowest BCUT2D eigenvalue weighted by atomic mass is 9.77. The minimum atomic E-state index is -3.92. The van der Waals surface area contributed by atoms with Crippen LogP contribution in [-0.2, 0) is 34.0 Å². The van der Waals surface area contributed by atoms with E-state index in [9.17, 15) is 32.4 Å². The first-order valence-electron chi connectivity index (χ1n) is 19.8. The Hall–Kier alpha value is -5.31. The molecule has 2 aromatic carbocycles. The molecule has 7 rings (SSSR count). The summed E-state index contributed by atoms with van der Waals surface area (Å²) in [5.41, 5.74) is -0.215. The van der Waals surface area contributed by atoms with Gasteiger partial charge in [-0.25, -0.2) is 13.4 Å². The monoisotopic (exact) mass is 813 g/mol. The lowest BCUT2D eigenvalue weighted by Crippen LogP contribution is -2.57. The first-order chi connectivity index (χ1) is 27.5. The Kier molecular flexibility index (Phi) is 11.1. The average molecular weight is 814 g/mol. The standard InChI is InChI=1S/C43H51N5O9S/c1-6-27-23-43(27,41(53)46-58(54,55)31-15-16-31)45-39(51)36-20-30(25-48(36)40(52)33(42(2,3)4)21-38(50)47-18-10-13-28(49)24-47)57-37-22-34(26-11-8-7-9-12-26)44-35-19-29(56-5)14-17-32(35)37/h6-9,11-12,14,17,19,22,27,30-31,33,36H,1,10,13,15-16,18,20-21,23-25H2,2-5H3,(H,45,51)(H,46,53)/t27-,30-,33-,36+,43-/m1/s1. The van der Waals surface area contributed by atoms with E-state index in [0.29, 0.717) is 60.3 Å². The summed E-state index contributed by atoms with van der Waals surface area (Å²) in [5, 5.41) is 2.86. The van der Waals surface area contributed by atoms with Gasteiger partial charge >= 0.3 is 0 Å². The third-order valence-corrected chi connectivity index (χ3v) is 13.6. The Morgan fingerprint density at radius 2 is 1.83 bits per heavy atom. The van der Waals surface area contributed by atoms with Crippen molar-refractivity contribution in [3.8, 4) is 22.8 Å². The summed E-state index contributed by atoms with van der Waals surface area (Å²) < 4.78 is 40.0. The van der Waals surface area contributed by atoms with Crippen LogP contribution in [0.15, 0.2) is 67.3 Å². The Morgan fingerprint density at radius 3 is 2.47 bits per heavy atom. The van der Waals surface area contributed by atoms with Crippen molar-refractivity contribution < 1.29 is 41.9 Å². The molecule has 58 heavy (non-hydrogen) atoms. The maximum absolute atomic E-state index is 14.9. The quantitative estimate of drug-likeness (QED) is 0.238. The summed E-state index contributed by atoms with van der Waals surface area (Å²) in [6.07, 6.45) is 2.64. The van der Waals surface area contributed by atoms with Crippen LogP contribution in [0, 0.1) is 17.3 Å². The number of hydrogen-bond donors (Lipinski definition) is 2. The first-order valence-corrected chi connectivity index (χ1v) is 21.4. The summed E-state index contributed by atoms with van der Waals surface area (Å²) >= 11 is 0. The molecule has 2 aliphatic heterocycles. The summed E-state index contributed by atoms with van der Waals surface area (Å²) in [4.78, 5) is 76.7. The van der Waals surface area contributed by atoms with Crippen molar-refractivity contribution in [1.82, 2.24) is 24.8 Å². The molecule has 2 saturated heterocycles. The number of piperidine rings is 1. The molecular weight excluding hydrogens is 763 g/mol. The number of Topliss-reactive ketones (excluding diaryl/α,β-unsaturated/α-hetero) is 1. The zero-order valence-electron chi connectivity index (χ0n) is 33.4. The van der Waals surface area contributed by atoms with Crippen LogP contribution in [0.5, 0.6) is 11.5 Å². The highest BCUT2D eigenvalue weighted by Gasteiger charge is 2.62. The van der Waals surface area contributed by atoms with Gasteiger partial charge in [0.05, 0.1) is 42.6 Å². The molecule has 0 unspecified atom stereocenters. The molecule has 4 fully saturated rings. The lowest BCUT2D eigenvalue weighted by molar-refractivity contribution is -0.149. The van der Waals surface area contributed by atoms with Crippen molar-refractivity contribution in [2.45, 2.75) is 88.7 Å². The van der Waals surface area contributed by atoms with Crippen molar-refractivity contribution >= 4 is 50.3 Å². The summed E-state index contributed by atoms with van der Waals surface area (Å²) in [7, 11) is -2.35. The molecular formula is C43H51N5O9S. The number of aromatic nitrogens is 1. The van der Waals surface area contributed by atoms with Crippen LogP contribution in [0.4, 0.5) is 0 Å². The molecule has 3 heterocycles. The SMILES string of the molecule is C=C[C@@H]1C[C@]1(NC(=O)[C@@H]1C[C@@H](Oc2cc(-c3ccccc3)nc3cc(OC)ccc23)CN1C(=O)[C@@H](CC(=O)N1CCCC(=O)C1)C(C)(C)C)C(=O)NS(=O)(=O)C1CC1. The van der Waals surface area contributed by atoms with Crippen LogP contribution in [-0.4, -0.2) is 102 Å². The van der Waals surface area contributed by atoms with E-state index >= 15 is 0 Å². The van der Waals surface area contributed by atoms with Crippen molar-refractivity contribution in [3.63, 3.8) is 0 Å². The molecule has 2 N–H and O–H groups in total. The lowest BCUT2D eigenvalue weighted by Gasteiger charge is -2.36. The number of amides is 4. The summed E-state index contributed by atoms with van der Waals surface area (Å²) in [5.74, 6) is -2.65. The van der Waals surface area contributed by atoms with Gasteiger partial charge in [-0.05, 0) is 43.2 Å². The van der Waals surface area contributed by atoms with Gasteiger partial charge < -0.3 is 24.6 Å². The van der Waals surface area contributed by atoms with Crippen molar-refractivity contribution in [3.05, 3.63) is 67.3 Å². The van der Waals surface area contributed by atoms with Gasteiger partial charge in [0.15, 0.2) is 5.78 Å². The van der Waals surface area contributed by atoms with Gasteiger partial charge in [-0.3, -0.25) is 28.7 Å². The zero-order valence-corrected chi connectivity index (χ0v) is 34.2. The maximum atomic E-state index is 14.9. The molecule has 2 saturated carbocycles. The highest BCUT2D eigenvalue weighted by Crippen LogP contribution is 2.46. The van der Waals surface area contributed by atoms with E-state index < -0.39 is 67.9 Å². The molecule has 1 aromatic heterocycles. The van der Waals surface area contributed by atoms with Crippen LogP contribution in [0.1, 0.15) is 65.7 Å². The van der Waals surface area contributed by atoms with Crippen molar-refractivity contribution in [2.24, 2.45) is 17.3 Å². The number of benzene rings is 2. The molecule has 4 amide bonds. The number of carbonyl (C=O) groups excluding carboxylic acids is 5. The Labute approximate surface area is 338 Å². The van der Waals surface area contributed by atoms with Gasteiger partial charge in [-0.15, -0.1) is 6.58 Å². The first kappa shape index (κ1) is 40.9. The Balaban J connectivity index is 1.21. The number of ether oxygens (including phenoxy) is 2. The number of methoxy groups -OCH3 is 1. The van der Waals surface area contributed by atoms with E-state index in [1.165, 1.54) is 15.9 Å². The Bertz CT molecular complexity index is 2250. The second kappa shape index (κ2) is 15.8. The van der Waals surface area contributed by atoms with Gasteiger partial charge in [-0.2, -0.15) is 0 Å². The zero-order chi connectivity index (χ0) is 41.6. The van der Waals surface area contributed by atoms with E-state index in [2.05, 4.69) is 16.6 Å². The number of nitrogens with one attached hydrogen (secondary N) is 2. The molecule has 4 aliphatic rings. The van der Waals surface area contributed by atoms with Crippen molar-refractivity contribution in [2.75, 3.05) is 26.7 Å². The van der Waals surface area contributed by atoms with Crippen LogP contribution in [0.2, 0.25) is 0 Å². The molecule has 15 heteroatoms. The number of nitrogens with zero attached hydrogens (tertiary/aromatic N) is 3. The molecule has 308 valence electrons. The number of likely N-dealkylation sites (tertiary alicyclic amines) is 2. The smallest absolute Gasteiger partial charge is 0.259 e. The van der Waals surface area contributed by atoms with Crippen LogP contribution < -0.4 is 19.5 Å². The van der Waals surface area contributed by atoms with Crippen molar-refractivity contribution in [1.29, 1.82) is 0 Å². The van der Waals surface area contributed by atoms with E-state index in [1.807, 2.05) is 63.2 Å². The topological polar surface area (TPSA) is 181 Å². The minimum absolute atomic E-state index is 0.00361. The maximum Gasteiger partial charge on any atom is 0.259 e. The fourth-order valence-electron chi connectivity index (χ4n) is 8.05. The fraction of sp³-hybridized carbons (Fsp3) is 0.488. The minimum Gasteiger partial charge on any atom is -0.497 e. The van der Waals surface area contributed by atoms with Crippen LogP contribution in [0.3, 0.4) is 0 Å². The average Bonchev–Trinajstić information content (AvgIpc) is 4.13. The molecule has 0 spiro atoms. The predicted molar refractivity (Wildman–Crippen MR) is 216 cm³/mol. The Morgan fingerprint density at radius 1 is 1.09 bits per heavy atom. The third-order valence-electron chi connectivity index (χ3n) is 11.8. The van der Waals surface area contributed by atoms with Gasteiger partial charge in [0.2, 0.25) is 27.7 Å². The second-order valence-corrected chi connectivity index (χ2v) is 19.0. The number of carbonyl (C=O) groups is 5. The number of pyridine rings is 1. The summed E-state index contributed by atoms with van der Waals surface area (Å²) in [6, 6.07) is 15.7. The highest BCUT2D eigenvalue weighted by molar-refractivity contribution is 7.91. The van der Waals surface area contributed by atoms with Crippen LogP contribution >= 0.6 is 0 Å². The van der Waals surface area contributed by atoms with Gasteiger partial charge in [0.25, 0.3) is 5.91 Å².